The van der Waals surface area contributed by atoms with Gasteiger partial charge in [-0.25, -0.2) is 4.68 Å². The number of hydrogen-bond donors (Lipinski definition) is 1. The third-order valence-electron chi connectivity index (χ3n) is 3.91. The van der Waals surface area contributed by atoms with Crippen molar-refractivity contribution in [2.24, 2.45) is 0 Å². The highest BCUT2D eigenvalue weighted by molar-refractivity contribution is 5.93. The van der Waals surface area contributed by atoms with Gasteiger partial charge in [-0.15, -0.1) is 0 Å². The molecule has 5 heteroatoms. The number of hydrogen-bond acceptors (Lipinski definition) is 3. The Morgan fingerprint density at radius 3 is 2.54 bits per heavy atom. The smallest absolute Gasteiger partial charge is 0.272 e. The Kier molecular flexibility index (Phi) is 4.70. The highest BCUT2D eigenvalue weighted by atomic mass is 16.2. The van der Waals surface area contributed by atoms with Crippen LogP contribution in [0.2, 0.25) is 0 Å². The van der Waals surface area contributed by atoms with Gasteiger partial charge >= 0.3 is 0 Å². The lowest BCUT2D eigenvalue weighted by Gasteiger charge is -2.09. The summed E-state index contributed by atoms with van der Waals surface area (Å²) in [6.07, 6.45) is 4.34. The maximum absolute atomic E-state index is 12.4. The molecule has 122 valence electrons. The number of amides is 1. The minimum absolute atomic E-state index is 0.115. The van der Waals surface area contributed by atoms with E-state index in [-0.39, 0.29) is 11.9 Å². The molecule has 0 unspecified atom stereocenters. The average molecular weight is 320 g/mol. The molecule has 0 aliphatic heterocycles. The largest absolute Gasteiger partial charge is 0.348 e. The molecule has 1 N–H and O–H groups in total. The van der Waals surface area contributed by atoms with E-state index in [0.717, 1.165) is 23.4 Å². The van der Waals surface area contributed by atoms with Crippen molar-refractivity contribution in [1.82, 2.24) is 20.1 Å². The zero-order valence-electron chi connectivity index (χ0n) is 13.8. The van der Waals surface area contributed by atoms with Gasteiger partial charge in [0.15, 0.2) is 5.69 Å². The van der Waals surface area contributed by atoms with Gasteiger partial charge in [0.25, 0.3) is 5.91 Å². The highest BCUT2D eigenvalue weighted by Crippen LogP contribution is 2.23. The molecular formula is C19H20N4O. The van der Waals surface area contributed by atoms with E-state index in [0.29, 0.717) is 5.69 Å². The zero-order valence-corrected chi connectivity index (χ0v) is 13.8. The van der Waals surface area contributed by atoms with Gasteiger partial charge < -0.3 is 5.32 Å². The Morgan fingerprint density at radius 1 is 1.17 bits per heavy atom. The van der Waals surface area contributed by atoms with Crippen LogP contribution in [0, 0.1) is 0 Å². The van der Waals surface area contributed by atoms with Crippen molar-refractivity contribution in [3.05, 3.63) is 66.6 Å². The van der Waals surface area contributed by atoms with Crippen molar-refractivity contribution in [1.29, 1.82) is 0 Å². The summed E-state index contributed by atoms with van der Waals surface area (Å²) >= 11 is 0. The van der Waals surface area contributed by atoms with Crippen LogP contribution in [-0.4, -0.2) is 26.7 Å². The number of carbonyl (C=O) groups is 1. The van der Waals surface area contributed by atoms with Crippen LogP contribution in [0.15, 0.2) is 60.9 Å². The second-order valence-electron chi connectivity index (χ2n) is 5.68. The van der Waals surface area contributed by atoms with Gasteiger partial charge in [-0.1, -0.05) is 25.1 Å². The summed E-state index contributed by atoms with van der Waals surface area (Å²) in [5, 5.41) is 7.49. The Bertz CT molecular complexity index is 755. The molecule has 24 heavy (non-hydrogen) atoms. The molecule has 0 radical (unpaired) electrons. The number of benzene rings is 1. The fourth-order valence-electron chi connectivity index (χ4n) is 2.39. The lowest BCUT2D eigenvalue weighted by Crippen LogP contribution is -2.32. The molecule has 2 heterocycles. The standard InChI is InChI=1S/C19H20N4O/c1-3-14(2)21-19(24)17-13-18(15-9-11-20-12-10-15)23(22-17)16-7-5-4-6-8-16/h4-14H,3H2,1-2H3,(H,21,24)/t14-/m1/s1. The monoisotopic (exact) mass is 320 g/mol. The molecule has 0 bridgehead atoms. The van der Waals surface area contributed by atoms with Crippen molar-refractivity contribution in [3.8, 4) is 16.9 Å². The van der Waals surface area contributed by atoms with E-state index >= 15 is 0 Å². The second kappa shape index (κ2) is 7.08. The van der Waals surface area contributed by atoms with Crippen LogP contribution in [0.4, 0.5) is 0 Å². The normalized spacial score (nSPS) is 11.9. The topological polar surface area (TPSA) is 59.8 Å². The van der Waals surface area contributed by atoms with E-state index < -0.39 is 0 Å². The summed E-state index contributed by atoms with van der Waals surface area (Å²) in [6, 6.07) is 15.5. The zero-order chi connectivity index (χ0) is 16.9. The van der Waals surface area contributed by atoms with E-state index in [1.807, 2.05) is 62.4 Å². The third kappa shape index (κ3) is 3.35. The molecule has 0 saturated heterocycles. The van der Waals surface area contributed by atoms with E-state index in [4.69, 9.17) is 0 Å². The lowest BCUT2D eigenvalue weighted by atomic mass is 10.1. The Balaban J connectivity index is 2.05. The summed E-state index contributed by atoms with van der Waals surface area (Å²) in [5.74, 6) is -0.158. The molecule has 3 aromatic rings. The number of rotatable bonds is 5. The number of nitrogens with zero attached hydrogens (tertiary/aromatic N) is 3. The number of para-hydroxylation sites is 1. The summed E-state index contributed by atoms with van der Waals surface area (Å²) in [6.45, 7) is 4.02. The van der Waals surface area contributed by atoms with E-state index in [1.165, 1.54) is 0 Å². The SMILES string of the molecule is CC[C@@H](C)NC(=O)c1cc(-c2ccncc2)n(-c2ccccc2)n1. The van der Waals surface area contributed by atoms with Crippen molar-refractivity contribution in [3.63, 3.8) is 0 Å². The van der Waals surface area contributed by atoms with Gasteiger partial charge in [0.05, 0.1) is 11.4 Å². The molecular weight excluding hydrogens is 300 g/mol. The van der Waals surface area contributed by atoms with Gasteiger partial charge in [0.2, 0.25) is 0 Å². The van der Waals surface area contributed by atoms with E-state index in [9.17, 15) is 4.79 Å². The van der Waals surface area contributed by atoms with Gasteiger partial charge in [-0.05, 0) is 43.7 Å². The fourth-order valence-corrected chi connectivity index (χ4v) is 2.39. The van der Waals surface area contributed by atoms with Crippen LogP contribution in [0.25, 0.3) is 16.9 Å². The molecule has 5 nitrogen and oxygen atoms in total. The van der Waals surface area contributed by atoms with Crippen LogP contribution in [-0.2, 0) is 0 Å². The van der Waals surface area contributed by atoms with Crippen LogP contribution >= 0.6 is 0 Å². The molecule has 1 aromatic carbocycles. The maximum Gasteiger partial charge on any atom is 0.272 e. The first-order valence-corrected chi connectivity index (χ1v) is 8.05. The van der Waals surface area contributed by atoms with Crippen LogP contribution in [0.5, 0.6) is 0 Å². The Morgan fingerprint density at radius 2 is 1.88 bits per heavy atom. The maximum atomic E-state index is 12.4. The molecule has 0 aliphatic rings. The Hall–Kier alpha value is -2.95. The minimum atomic E-state index is -0.158. The van der Waals surface area contributed by atoms with Gasteiger partial charge in [0.1, 0.15) is 0 Å². The molecule has 0 aliphatic carbocycles. The summed E-state index contributed by atoms with van der Waals surface area (Å²) in [4.78, 5) is 16.5. The highest BCUT2D eigenvalue weighted by Gasteiger charge is 2.17. The molecule has 0 saturated carbocycles. The molecule has 1 atom stereocenters. The quantitative estimate of drug-likeness (QED) is 0.783. The first-order chi connectivity index (χ1) is 11.7. The van der Waals surface area contributed by atoms with Crippen LogP contribution in [0.3, 0.4) is 0 Å². The Labute approximate surface area is 141 Å². The summed E-state index contributed by atoms with van der Waals surface area (Å²) in [7, 11) is 0. The van der Waals surface area contributed by atoms with Crippen molar-refractivity contribution >= 4 is 5.91 Å². The van der Waals surface area contributed by atoms with Crippen LogP contribution in [0.1, 0.15) is 30.8 Å². The van der Waals surface area contributed by atoms with Gasteiger partial charge in [-0.3, -0.25) is 9.78 Å². The number of carbonyl (C=O) groups excluding carboxylic acids is 1. The molecule has 0 spiro atoms. The predicted molar refractivity (Wildman–Crippen MR) is 94.0 cm³/mol. The minimum Gasteiger partial charge on any atom is -0.348 e. The van der Waals surface area contributed by atoms with Crippen LogP contribution < -0.4 is 5.32 Å². The van der Waals surface area contributed by atoms with Crippen molar-refractivity contribution < 1.29 is 4.79 Å². The predicted octanol–water partition coefficient (Wildman–Crippen LogP) is 3.46. The van der Waals surface area contributed by atoms with E-state index in [1.54, 1.807) is 17.1 Å². The average Bonchev–Trinajstić information content (AvgIpc) is 3.08. The summed E-state index contributed by atoms with van der Waals surface area (Å²) in [5.41, 5.74) is 3.14. The van der Waals surface area contributed by atoms with Gasteiger partial charge in [0, 0.05) is 24.0 Å². The first kappa shape index (κ1) is 15.9. The number of nitrogens with one attached hydrogen (secondary N) is 1. The molecule has 0 fully saturated rings. The number of aromatic nitrogens is 3. The lowest BCUT2D eigenvalue weighted by molar-refractivity contribution is 0.0934. The van der Waals surface area contributed by atoms with Crippen molar-refractivity contribution in [2.75, 3.05) is 0 Å². The first-order valence-electron chi connectivity index (χ1n) is 8.05. The fraction of sp³-hybridized carbons (Fsp3) is 0.211. The van der Waals surface area contributed by atoms with E-state index in [2.05, 4.69) is 15.4 Å². The molecule has 3 rings (SSSR count). The van der Waals surface area contributed by atoms with Crippen molar-refractivity contribution in [2.45, 2.75) is 26.3 Å². The number of pyridine rings is 1. The summed E-state index contributed by atoms with van der Waals surface area (Å²) < 4.78 is 1.79. The second-order valence-corrected chi connectivity index (χ2v) is 5.68. The van der Waals surface area contributed by atoms with Gasteiger partial charge in [-0.2, -0.15) is 5.10 Å². The molecule has 1 amide bonds. The third-order valence-corrected chi connectivity index (χ3v) is 3.91. The molecule has 2 aromatic heterocycles.